The van der Waals surface area contributed by atoms with E-state index in [1.165, 1.54) is 10.6 Å². The molecule has 7 nitrogen and oxygen atoms in total. The highest BCUT2D eigenvalue weighted by Crippen LogP contribution is 2.29. The standard InChI is InChI=1S/C13H17N3O4S2/c1-9(11-4-3-7-21-11)12-14-15-13(20-12)10-8-16(5-6-19-10)22(2,17)18/h3-4,7,9-10H,5-6,8H2,1-2H3. The lowest BCUT2D eigenvalue weighted by molar-refractivity contribution is -0.0176. The Morgan fingerprint density at radius 2 is 2.27 bits per heavy atom. The van der Waals surface area contributed by atoms with Crippen LogP contribution in [0.25, 0.3) is 0 Å². The van der Waals surface area contributed by atoms with Gasteiger partial charge >= 0.3 is 0 Å². The summed E-state index contributed by atoms with van der Waals surface area (Å²) in [5.41, 5.74) is 0. The van der Waals surface area contributed by atoms with Gasteiger partial charge in [-0.15, -0.1) is 21.5 Å². The second kappa shape index (κ2) is 6.07. The number of sulfonamides is 1. The van der Waals surface area contributed by atoms with Crippen LogP contribution in [0.1, 0.15) is 35.6 Å². The molecule has 3 heterocycles. The highest BCUT2D eigenvalue weighted by Gasteiger charge is 2.31. The first-order valence-corrected chi connectivity index (χ1v) is 9.61. The van der Waals surface area contributed by atoms with Crippen molar-refractivity contribution in [3.8, 4) is 0 Å². The Balaban J connectivity index is 1.76. The summed E-state index contributed by atoms with van der Waals surface area (Å²) < 4.78 is 35.9. The summed E-state index contributed by atoms with van der Waals surface area (Å²) in [5.74, 6) is 0.847. The van der Waals surface area contributed by atoms with Crippen LogP contribution in [0.15, 0.2) is 21.9 Å². The van der Waals surface area contributed by atoms with Crippen LogP contribution in [0.2, 0.25) is 0 Å². The molecule has 3 rings (SSSR count). The van der Waals surface area contributed by atoms with Gasteiger partial charge in [0.05, 0.1) is 18.8 Å². The summed E-state index contributed by atoms with van der Waals surface area (Å²) in [5, 5.41) is 10.1. The second-order valence-corrected chi connectivity index (χ2v) is 8.16. The van der Waals surface area contributed by atoms with Gasteiger partial charge in [0.2, 0.25) is 21.8 Å². The minimum Gasteiger partial charge on any atom is -0.422 e. The molecule has 2 aromatic rings. The topological polar surface area (TPSA) is 85.5 Å². The Morgan fingerprint density at radius 1 is 1.45 bits per heavy atom. The molecule has 0 aliphatic carbocycles. The smallest absolute Gasteiger partial charge is 0.246 e. The molecule has 1 aliphatic rings. The molecule has 22 heavy (non-hydrogen) atoms. The fraction of sp³-hybridized carbons (Fsp3) is 0.538. The van der Waals surface area contributed by atoms with E-state index in [4.69, 9.17) is 9.15 Å². The zero-order valence-electron chi connectivity index (χ0n) is 12.3. The largest absolute Gasteiger partial charge is 0.422 e. The molecule has 0 radical (unpaired) electrons. The highest BCUT2D eigenvalue weighted by molar-refractivity contribution is 7.88. The average molecular weight is 343 g/mol. The quantitative estimate of drug-likeness (QED) is 0.838. The van der Waals surface area contributed by atoms with Gasteiger partial charge in [-0.05, 0) is 18.4 Å². The van der Waals surface area contributed by atoms with Crippen LogP contribution in [-0.4, -0.2) is 48.9 Å². The van der Waals surface area contributed by atoms with E-state index < -0.39 is 16.1 Å². The molecule has 0 spiro atoms. The molecule has 1 fully saturated rings. The maximum atomic E-state index is 11.6. The summed E-state index contributed by atoms with van der Waals surface area (Å²) in [4.78, 5) is 1.14. The van der Waals surface area contributed by atoms with Gasteiger partial charge in [0, 0.05) is 18.0 Å². The molecule has 0 amide bonds. The van der Waals surface area contributed by atoms with Gasteiger partial charge in [0.1, 0.15) is 6.10 Å². The molecule has 0 saturated carbocycles. The third-order valence-corrected chi connectivity index (χ3v) is 5.89. The number of thiophene rings is 1. The third kappa shape index (κ3) is 3.22. The maximum absolute atomic E-state index is 11.6. The first-order valence-electron chi connectivity index (χ1n) is 6.88. The van der Waals surface area contributed by atoms with Crippen LogP contribution in [0.3, 0.4) is 0 Å². The molecule has 1 saturated heterocycles. The minimum atomic E-state index is -3.25. The Morgan fingerprint density at radius 3 is 2.95 bits per heavy atom. The normalized spacial score (nSPS) is 21.8. The second-order valence-electron chi connectivity index (χ2n) is 5.20. The molecule has 0 bridgehead atoms. The average Bonchev–Trinajstić information content (AvgIpc) is 3.17. The van der Waals surface area contributed by atoms with Crippen molar-refractivity contribution in [1.82, 2.24) is 14.5 Å². The van der Waals surface area contributed by atoms with Crippen molar-refractivity contribution in [2.24, 2.45) is 0 Å². The fourth-order valence-corrected chi connectivity index (χ4v) is 3.88. The van der Waals surface area contributed by atoms with E-state index >= 15 is 0 Å². The molecular formula is C13H17N3O4S2. The Labute approximate surface area is 133 Å². The van der Waals surface area contributed by atoms with E-state index in [1.807, 2.05) is 24.4 Å². The predicted molar refractivity (Wildman–Crippen MR) is 81.2 cm³/mol. The number of nitrogens with zero attached hydrogens (tertiary/aromatic N) is 3. The number of hydrogen-bond donors (Lipinski definition) is 0. The highest BCUT2D eigenvalue weighted by atomic mass is 32.2. The Hall–Kier alpha value is -1.29. The number of morpholine rings is 1. The van der Waals surface area contributed by atoms with E-state index in [2.05, 4.69) is 10.2 Å². The van der Waals surface area contributed by atoms with Crippen LogP contribution in [0.5, 0.6) is 0 Å². The summed E-state index contributed by atoms with van der Waals surface area (Å²) >= 11 is 1.63. The molecule has 2 unspecified atom stereocenters. The molecule has 120 valence electrons. The first-order chi connectivity index (χ1) is 10.4. The van der Waals surface area contributed by atoms with Gasteiger partial charge in [-0.3, -0.25) is 0 Å². The van der Waals surface area contributed by atoms with Gasteiger partial charge in [0.15, 0.2) is 0 Å². The number of ether oxygens (including phenoxy) is 1. The van der Waals surface area contributed by atoms with Gasteiger partial charge < -0.3 is 9.15 Å². The van der Waals surface area contributed by atoms with Crippen molar-refractivity contribution in [2.45, 2.75) is 18.9 Å². The summed E-state index contributed by atoms with van der Waals surface area (Å²) in [6.07, 6.45) is 0.674. The summed E-state index contributed by atoms with van der Waals surface area (Å²) in [6, 6.07) is 3.99. The first kappa shape index (κ1) is 15.6. The van der Waals surface area contributed by atoms with Crippen molar-refractivity contribution in [2.75, 3.05) is 26.0 Å². The molecule has 0 N–H and O–H groups in total. The SMILES string of the molecule is CC(c1nnc(C2CN(S(C)(=O)=O)CCO2)o1)c1cccs1. The lowest BCUT2D eigenvalue weighted by Crippen LogP contribution is -2.41. The van der Waals surface area contributed by atoms with Crippen molar-refractivity contribution < 1.29 is 17.6 Å². The zero-order valence-corrected chi connectivity index (χ0v) is 13.9. The number of hydrogen-bond acceptors (Lipinski definition) is 7. The lowest BCUT2D eigenvalue weighted by atomic mass is 10.1. The third-order valence-electron chi connectivity index (χ3n) is 3.57. The Kier molecular flexibility index (Phi) is 4.31. The van der Waals surface area contributed by atoms with E-state index in [0.29, 0.717) is 24.9 Å². The fourth-order valence-electron chi connectivity index (χ4n) is 2.29. The van der Waals surface area contributed by atoms with Gasteiger partial charge in [-0.2, -0.15) is 4.31 Å². The van der Waals surface area contributed by atoms with Gasteiger partial charge in [-0.25, -0.2) is 8.42 Å². The Bertz CT molecular complexity index is 726. The van der Waals surface area contributed by atoms with Crippen LogP contribution in [-0.2, 0) is 14.8 Å². The number of aromatic nitrogens is 2. The van der Waals surface area contributed by atoms with Crippen LogP contribution < -0.4 is 0 Å². The monoisotopic (exact) mass is 343 g/mol. The van der Waals surface area contributed by atoms with Crippen LogP contribution >= 0.6 is 11.3 Å². The van der Waals surface area contributed by atoms with Crippen molar-refractivity contribution >= 4 is 21.4 Å². The summed E-state index contributed by atoms with van der Waals surface area (Å²) in [6.45, 7) is 2.86. The minimum absolute atomic E-state index is 0.0100. The van der Waals surface area contributed by atoms with E-state index in [-0.39, 0.29) is 12.5 Å². The van der Waals surface area contributed by atoms with Crippen molar-refractivity contribution in [3.63, 3.8) is 0 Å². The van der Waals surface area contributed by atoms with E-state index in [0.717, 1.165) is 4.88 Å². The van der Waals surface area contributed by atoms with Gasteiger partial charge in [0.25, 0.3) is 0 Å². The molecule has 0 aromatic carbocycles. The molecule has 2 aromatic heterocycles. The summed E-state index contributed by atoms with van der Waals surface area (Å²) in [7, 11) is -3.25. The van der Waals surface area contributed by atoms with Crippen molar-refractivity contribution in [3.05, 3.63) is 34.2 Å². The van der Waals surface area contributed by atoms with Crippen molar-refractivity contribution in [1.29, 1.82) is 0 Å². The zero-order chi connectivity index (χ0) is 15.7. The van der Waals surface area contributed by atoms with E-state index in [9.17, 15) is 8.42 Å². The molecule has 9 heteroatoms. The van der Waals surface area contributed by atoms with Gasteiger partial charge in [-0.1, -0.05) is 6.07 Å². The molecule has 1 aliphatic heterocycles. The van der Waals surface area contributed by atoms with E-state index in [1.54, 1.807) is 11.3 Å². The number of rotatable bonds is 4. The van der Waals surface area contributed by atoms with Crippen LogP contribution in [0.4, 0.5) is 0 Å². The van der Waals surface area contributed by atoms with Crippen LogP contribution in [0, 0.1) is 0 Å². The maximum Gasteiger partial charge on any atom is 0.246 e. The molecular weight excluding hydrogens is 326 g/mol. The lowest BCUT2D eigenvalue weighted by Gasteiger charge is -2.29. The molecule has 2 atom stereocenters. The predicted octanol–water partition coefficient (Wildman–Crippen LogP) is 1.62.